The van der Waals surface area contributed by atoms with Crippen LogP contribution in [0.15, 0.2) is 46.0 Å². The predicted octanol–water partition coefficient (Wildman–Crippen LogP) is 2.93. The summed E-state index contributed by atoms with van der Waals surface area (Å²) >= 11 is 3.50. The number of aromatic nitrogens is 1. The maximum Gasteiger partial charge on any atom is 0.194 e. The molecule has 0 fully saturated rings. The second-order valence-electron chi connectivity index (χ2n) is 6.10. The zero-order valence-corrected chi connectivity index (χ0v) is 17.3. The molecule has 7 heteroatoms. The fraction of sp³-hybridized carbons (Fsp3) is 0.421. The molecule has 2 aromatic rings. The normalized spacial score (nSPS) is 12.8. The number of guanidine groups is 1. The van der Waals surface area contributed by atoms with E-state index in [0.29, 0.717) is 6.54 Å². The molecule has 0 aliphatic heterocycles. The minimum atomic E-state index is -0.684. The molecule has 0 aliphatic rings. The molecule has 0 saturated heterocycles. The number of rotatable bonds is 7. The van der Waals surface area contributed by atoms with Crippen LogP contribution in [0.2, 0.25) is 0 Å². The third-order valence-electron chi connectivity index (χ3n) is 4.06. The van der Waals surface area contributed by atoms with Crippen LogP contribution in [0, 0.1) is 0 Å². The number of nitrogens with one attached hydrogen (secondary N) is 1. The van der Waals surface area contributed by atoms with Crippen molar-refractivity contribution in [2.75, 3.05) is 27.2 Å². The Kier molecular flexibility index (Phi) is 7.53. The predicted molar refractivity (Wildman–Crippen MR) is 109 cm³/mol. The number of ether oxygens (including phenoxy) is 1. The number of benzene rings is 1. The van der Waals surface area contributed by atoms with Gasteiger partial charge in [-0.15, -0.1) is 0 Å². The van der Waals surface area contributed by atoms with E-state index in [1.54, 1.807) is 7.11 Å². The fourth-order valence-corrected chi connectivity index (χ4v) is 3.21. The first-order valence-electron chi connectivity index (χ1n) is 8.56. The fourth-order valence-electron chi connectivity index (χ4n) is 2.64. The second-order valence-corrected chi connectivity index (χ2v) is 7.02. The van der Waals surface area contributed by atoms with Crippen molar-refractivity contribution >= 4 is 21.9 Å². The van der Waals surface area contributed by atoms with E-state index in [1.807, 2.05) is 56.4 Å². The molecular weight excluding hydrogens is 396 g/mol. The highest BCUT2D eigenvalue weighted by Gasteiger charge is 2.12. The van der Waals surface area contributed by atoms with Gasteiger partial charge in [0.2, 0.25) is 0 Å². The van der Waals surface area contributed by atoms with Gasteiger partial charge in [-0.1, -0.05) is 12.1 Å². The summed E-state index contributed by atoms with van der Waals surface area (Å²) in [6, 6.07) is 9.52. The van der Waals surface area contributed by atoms with Gasteiger partial charge >= 0.3 is 0 Å². The summed E-state index contributed by atoms with van der Waals surface area (Å²) in [5, 5.41) is 13.7. The van der Waals surface area contributed by atoms with Crippen molar-refractivity contribution < 1.29 is 9.84 Å². The molecule has 0 spiro atoms. The van der Waals surface area contributed by atoms with Crippen LogP contribution in [-0.2, 0) is 13.6 Å². The maximum atomic E-state index is 10.5. The molecule has 1 atom stereocenters. The number of aliphatic imine (C=N–C) groups is 1. The molecule has 2 N–H and O–H groups in total. The van der Waals surface area contributed by atoms with Crippen molar-refractivity contribution in [2.45, 2.75) is 19.6 Å². The Morgan fingerprint density at radius 1 is 1.42 bits per heavy atom. The van der Waals surface area contributed by atoms with Crippen molar-refractivity contribution in [3.05, 3.63) is 52.3 Å². The summed E-state index contributed by atoms with van der Waals surface area (Å²) in [6.07, 6.45) is 1.34. The lowest BCUT2D eigenvalue weighted by atomic mass is 10.1. The van der Waals surface area contributed by atoms with Crippen LogP contribution in [0.1, 0.15) is 24.3 Å². The Balaban J connectivity index is 2.08. The largest absolute Gasteiger partial charge is 0.497 e. The molecule has 0 radical (unpaired) electrons. The van der Waals surface area contributed by atoms with E-state index in [9.17, 15) is 5.11 Å². The number of hydrogen-bond donors (Lipinski definition) is 2. The Morgan fingerprint density at radius 3 is 2.81 bits per heavy atom. The zero-order valence-electron chi connectivity index (χ0n) is 15.7. The van der Waals surface area contributed by atoms with E-state index in [1.165, 1.54) is 5.69 Å². The van der Waals surface area contributed by atoms with Crippen molar-refractivity contribution in [3.63, 3.8) is 0 Å². The molecule has 26 heavy (non-hydrogen) atoms. The quantitative estimate of drug-likeness (QED) is 0.531. The smallest absolute Gasteiger partial charge is 0.194 e. The number of aryl methyl sites for hydroxylation is 1. The zero-order chi connectivity index (χ0) is 19.1. The third kappa shape index (κ3) is 5.51. The van der Waals surface area contributed by atoms with Crippen molar-refractivity contribution in [1.29, 1.82) is 0 Å². The van der Waals surface area contributed by atoms with E-state index < -0.39 is 6.10 Å². The molecule has 1 heterocycles. The second kappa shape index (κ2) is 9.64. The molecule has 1 unspecified atom stereocenters. The summed E-state index contributed by atoms with van der Waals surface area (Å²) in [7, 11) is 5.62. The van der Waals surface area contributed by atoms with E-state index >= 15 is 0 Å². The van der Waals surface area contributed by atoms with Gasteiger partial charge in [-0.2, -0.15) is 0 Å². The number of aliphatic hydroxyl groups excluding tert-OH is 1. The average molecular weight is 423 g/mol. The summed E-state index contributed by atoms with van der Waals surface area (Å²) in [6.45, 7) is 3.77. The Labute approximate surface area is 163 Å². The van der Waals surface area contributed by atoms with E-state index in [2.05, 4.69) is 36.9 Å². The SMILES string of the molecule is CCNC(=NCC(O)c1cccc(OC)c1)N(C)Cc1cc(Br)cn1C. The van der Waals surface area contributed by atoms with Gasteiger partial charge in [-0.25, -0.2) is 0 Å². The van der Waals surface area contributed by atoms with Gasteiger partial charge < -0.3 is 24.6 Å². The Morgan fingerprint density at radius 2 is 2.19 bits per heavy atom. The maximum absolute atomic E-state index is 10.5. The summed E-state index contributed by atoms with van der Waals surface area (Å²) < 4.78 is 8.35. The molecule has 0 bridgehead atoms. The number of methoxy groups -OCH3 is 1. The van der Waals surface area contributed by atoms with Crippen molar-refractivity contribution in [3.8, 4) is 5.75 Å². The molecule has 0 amide bonds. The molecule has 2 rings (SSSR count). The average Bonchev–Trinajstić information content (AvgIpc) is 2.95. The molecule has 1 aromatic carbocycles. The van der Waals surface area contributed by atoms with Crippen molar-refractivity contribution in [1.82, 2.24) is 14.8 Å². The summed E-state index contributed by atoms with van der Waals surface area (Å²) in [5.41, 5.74) is 1.95. The molecule has 6 nitrogen and oxygen atoms in total. The first-order valence-corrected chi connectivity index (χ1v) is 9.36. The number of aliphatic hydroxyl groups is 1. The van der Waals surface area contributed by atoms with Gasteiger partial charge in [0.1, 0.15) is 5.75 Å². The number of halogens is 1. The van der Waals surface area contributed by atoms with Gasteiger partial charge in [-0.05, 0) is 46.6 Å². The highest BCUT2D eigenvalue weighted by Crippen LogP contribution is 2.19. The van der Waals surface area contributed by atoms with Gasteiger partial charge in [0.25, 0.3) is 0 Å². The van der Waals surface area contributed by atoms with Crippen molar-refractivity contribution in [2.24, 2.45) is 12.0 Å². The molecule has 142 valence electrons. The lowest BCUT2D eigenvalue weighted by Gasteiger charge is -2.23. The summed E-state index contributed by atoms with van der Waals surface area (Å²) in [4.78, 5) is 6.64. The van der Waals surface area contributed by atoms with Crippen LogP contribution in [0.3, 0.4) is 0 Å². The first-order chi connectivity index (χ1) is 12.4. The van der Waals surface area contributed by atoms with Gasteiger partial charge in [0.05, 0.1) is 26.3 Å². The van der Waals surface area contributed by atoms with E-state index in [4.69, 9.17) is 4.74 Å². The molecule has 1 aromatic heterocycles. The lowest BCUT2D eigenvalue weighted by Crippen LogP contribution is -2.39. The van der Waals surface area contributed by atoms with Crippen LogP contribution in [-0.4, -0.2) is 47.8 Å². The topological polar surface area (TPSA) is 62.0 Å². The van der Waals surface area contributed by atoms with Crippen LogP contribution in [0.25, 0.3) is 0 Å². The molecular formula is C19H27BrN4O2. The number of nitrogens with zero attached hydrogens (tertiary/aromatic N) is 3. The molecule has 0 aliphatic carbocycles. The first kappa shape index (κ1) is 20.3. The highest BCUT2D eigenvalue weighted by atomic mass is 79.9. The minimum absolute atomic E-state index is 0.274. The van der Waals surface area contributed by atoms with Crippen LogP contribution in [0.5, 0.6) is 5.75 Å². The van der Waals surface area contributed by atoms with Gasteiger partial charge in [0.15, 0.2) is 5.96 Å². The highest BCUT2D eigenvalue weighted by molar-refractivity contribution is 9.10. The Bertz CT molecular complexity index is 745. The lowest BCUT2D eigenvalue weighted by molar-refractivity contribution is 0.186. The standard InChI is InChI=1S/C19H27BrN4O2/c1-5-21-19(24(3)13-16-10-15(20)12-23(16)2)22-11-18(25)14-7-6-8-17(9-14)26-4/h6-10,12,18,25H,5,11,13H2,1-4H3,(H,21,22). The minimum Gasteiger partial charge on any atom is -0.497 e. The van der Waals surface area contributed by atoms with Crippen LogP contribution in [0.4, 0.5) is 0 Å². The van der Waals surface area contributed by atoms with Crippen LogP contribution < -0.4 is 10.1 Å². The Hall–Kier alpha value is -1.99. The van der Waals surface area contributed by atoms with Gasteiger partial charge in [-0.3, -0.25) is 4.99 Å². The third-order valence-corrected chi connectivity index (χ3v) is 4.50. The monoisotopic (exact) mass is 422 g/mol. The molecule has 0 saturated carbocycles. The summed E-state index contributed by atoms with van der Waals surface area (Å²) in [5.74, 6) is 1.48. The van der Waals surface area contributed by atoms with Crippen LogP contribution >= 0.6 is 15.9 Å². The number of hydrogen-bond acceptors (Lipinski definition) is 3. The van der Waals surface area contributed by atoms with Gasteiger partial charge in [0, 0.05) is 37.0 Å². The van der Waals surface area contributed by atoms with E-state index in [-0.39, 0.29) is 6.54 Å². The van der Waals surface area contributed by atoms with E-state index in [0.717, 1.165) is 28.3 Å².